The summed E-state index contributed by atoms with van der Waals surface area (Å²) in [7, 11) is 3.54. The van der Waals surface area contributed by atoms with Crippen LogP contribution in [-0.2, 0) is 30.8 Å². The lowest BCUT2D eigenvalue weighted by Crippen LogP contribution is -2.32. The highest BCUT2D eigenvalue weighted by Crippen LogP contribution is 2.33. The van der Waals surface area contributed by atoms with Crippen molar-refractivity contribution >= 4 is 50.9 Å². The third-order valence-electron chi connectivity index (χ3n) is 8.59. The van der Waals surface area contributed by atoms with Crippen molar-refractivity contribution in [3.63, 3.8) is 0 Å². The zero-order valence-corrected chi connectivity index (χ0v) is 32.9. The molecule has 55 heavy (non-hydrogen) atoms. The lowest BCUT2D eigenvalue weighted by Gasteiger charge is -2.21. The zero-order valence-electron chi connectivity index (χ0n) is 31.3. The average molecular weight is 792 g/mol. The van der Waals surface area contributed by atoms with Crippen LogP contribution in [0.2, 0.25) is 0 Å². The fourth-order valence-electron chi connectivity index (χ4n) is 5.40. The minimum absolute atomic E-state index is 0.00401. The molecule has 0 aliphatic carbocycles. The number of nitro groups is 1. The molecule has 4 aromatic carbocycles. The van der Waals surface area contributed by atoms with E-state index in [1.54, 1.807) is 45.3 Å². The molecular weight excluding hydrogens is 747 g/mol. The number of likely N-dealkylation sites (N-methyl/N-ethyl adjacent to an activating group) is 1. The number of carbonyl (C=O) groups excluding carboxylic acids is 3. The summed E-state index contributed by atoms with van der Waals surface area (Å²) in [6.45, 7) is 0.959. The van der Waals surface area contributed by atoms with Crippen molar-refractivity contribution in [2.75, 3.05) is 59.6 Å². The minimum Gasteiger partial charge on any atom is -0.496 e. The topological polar surface area (TPSA) is 177 Å². The van der Waals surface area contributed by atoms with Gasteiger partial charge >= 0.3 is 0 Å². The summed E-state index contributed by atoms with van der Waals surface area (Å²) in [5.74, 6) is -0.176. The molecule has 3 amide bonds. The highest BCUT2D eigenvalue weighted by molar-refractivity contribution is 7.99. The number of benzene rings is 4. The van der Waals surface area contributed by atoms with Crippen LogP contribution in [0.25, 0.3) is 11.1 Å². The molecule has 0 heterocycles. The molecule has 0 spiro atoms. The van der Waals surface area contributed by atoms with E-state index >= 15 is 0 Å². The summed E-state index contributed by atoms with van der Waals surface area (Å²) < 4.78 is 39.3. The summed E-state index contributed by atoms with van der Waals surface area (Å²) in [5.41, 5.74) is 1.86. The number of nitrogens with one attached hydrogen (secondary N) is 2. The van der Waals surface area contributed by atoms with Gasteiger partial charge in [0.2, 0.25) is 11.8 Å². The van der Waals surface area contributed by atoms with Crippen molar-refractivity contribution < 1.29 is 37.2 Å². The van der Waals surface area contributed by atoms with Crippen molar-refractivity contribution in [1.82, 2.24) is 14.5 Å². The fraction of sp³-hybridized carbons (Fsp3) is 0.308. The van der Waals surface area contributed by atoms with Gasteiger partial charge in [-0.1, -0.05) is 42.5 Å². The van der Waals surface area contributed by atoms with E-state index in [1.165, 1.54) is 42.0 Å². The number of hydrogen-bond acceptors (Lipinski definition) is 11. The number of amides is 3. The van der Waals surface area contributed by atoms with E-state index in [0.29, 0.717) is 43.1 Å². The Morgan fingerprint density at radius 3 is 2.25 bits per heavy atom. The second-order valence-corrected chi connectivity index (χ2v) is 15.5. The van der Waals surface area contributed by atoms with Gasteiger partial charge in [-0.2, -0.15) is 0 Å². The molecule has 4 aromatic rings. The average Bonchev–Trinajstić information content (AvgIpc) is 3.18. The van der Waals surface area contributed by atoms with Crippen LogP contribution in [0.5, 0.6) is 5.75 Å². The van der Waals surface area contributed by atoms with Gasteiger partial charge in [0.1, 0.15) is 11.4 Å². The predicted octanol–water partition coefficient (Wildman–Crippen LogP) is 5.48. The monoisotopic (exact) mass is 791 g/mol. The first-order chi connectivity index (χ1) is 26.2. The van der Waals surface area contributed by atoms with E-state index in [2.05, 4.69) is 5.32 Å². The number of rotatable bonds is 19. The highest BCUT2D eigenvalue weighted by atomic mass is 32.2. The fourth-order valence-corrected chi connectivity index (χ4v) is 7.33. The Balaban J connectivity index is 1.46. The van der Waals surface area contributed by atoms with Gasteiger partial charge in [-0.3, -0.25) is 24.5 Å². The Bertz CT molecular complexity index is 2080. The number of methoxy groups -OCH3 is 2. The highest BCUT2D eigenvalue weighted by Gasteiger charge is 2.26. The maximum atomic E-state index is 13.3. The first kappa shape index (κ1) is 42.3. The van der Waals surface area contributed by atoms with Gasteiger partial charge in [-0.05, 0) is 60.0 Å². The van der Waals surface area contributed by atoms with Gasteiger partial charge in [0.15, 0.2) is 0 Å². The molecule has 16 heteroatoms. The summed E-state index contributed by atoms with van der Waals surface area (Å²) in [6, 6.07) is 24.0. The SMILES string of the molecule is COCCN(C)C(=O)CCc1ccc(-c2ccc(C(=O)NS(=O)(=O)c3ccc(N[C@@H](CSc4ccccc4)CC(=O)N(C)C)c([N+](=O)[O-])c3)cc2)c(OC)c1. The van der Waals surface area contributed by atoms with Gasteiger partial charge in [-0.25, -0.2) is 13.1 Å². The van der Waals surface area contributed by atoms with Gasteiger partial charge < -0.3 is 24.6 Å². The number of hydrogen-bond donors (Lipinski definition) is 2. The molecule has 0 saturated heterocycles. The summed E-state index contributed by atoms with van der Waals surface area (Å²) in [6.07, 6.45) is 0.861. The molecule has 292 valence electrons. The number of nitro benzene ring substituents is 1. The summed E-state index contributed by atoms with van der Waals surface area (Å²) in [5, 5.41) is 15.2. The van der Waals surface area contributed by atoms with Gasteiger partial charge in [-0.15, -0.1) is 11.8 Å². The molecule has 0 aliphatic rings. The number of carbonyl (C=O) groups is 3. The molecule has 4 rings (SSSR count). The smallest absolute Gasteiger partial charge is 0.293 e. The molecule has 14 nitrogen and oxygen atoms in total. The molecule has 0 aliphatic heterocycles. The Labute approximate surface area is 325 Å². The minimum atomic E-state index is -4.53. The third kappa shape index (κ3) is 12.0. The Hall–Kier alpha value is -5.45. The third-order valence-corrected chi connectivity index (χ3v) is 11.1. The normalized spacial score (nSPS) is 11.7. The largest absolute Gasteiger partial charge is 0.496 e. The number of thioether (sulfide) groups is 1. The van der Waals surface area contributed by atoms with Crippen LogP contribution >= 0.6 is 11.8 Å². The summed E-state index contributed by atoms with van der Waals surface area (Å²) in [4.78, 5) is 53.1. The first-order valence-corrected chi connectivity index (χ1v) is 19.7. The Morgan fingerprint density at radius 1 is 0.909 bits per heavy atom. The standard InChI is InChI=1S/C39H45N5O9S2/c1-42(2)38(46)24-30(26-54-31-9-7-6-8-10-31)40-34-19-17-32(25-35(34)44(48)49)55(50,51)41-39(47)29-15-13-28(14-16-29)33-18-11-27(23-36(33)53-5)12-20-37(45)43(3)21-22-52-4/h6-11,13-19,23,25,30,40H,12,20-22,24,26H2,1-5H3,(H,41,47)/t30-/m1/s1. The van der Waals surface area contributed by atoms with Crippen molar-refractivity contribution in [2.45, 2.75) is 35.1 Å². The van der Waals surface area contributed by atoms with Crippen molar-refractivity contribution in [3.05, 3.63) is 112 Å². The predicted molar refractivity (Wildman–Crippen MR) is 212 cm³/mol. The number of sulfonamides is 1. The molecule has 0 unspecified atom stereocenters. The van der Waals surface area contributed by atoms with Crippen LogP contribution in [0.15, 0.2) is 101 Å². The van der Waals surface area contributed by atoms with E-state index in [4.69, 9.17) is 9.47 Å². The molecule has 0 aromatic heterocycles. The van der Waals surface area contributed by atoms with E-state index < -0.39 is 37.5 Å². The van der Waals surface area contributed by atoms with Crippen LogP contribution < -0.4 is 14.8 Å². The van der Waals surface area contributed by atoms with Crippen LogP contribution in [0, 0.1) is 10.1 Å². The van der Waals surface area contributed by atoms with E-state index in [1.807, 2.05) is 53.3 Å². The first-order valence-electron chi connectivity index (χ1n) is 17.2. The molecule has 1 atom stereocenters. The Kier molecular flexibility index (Phi) is 15.2. The van der Waals surface area contributed by atoms with Crippen molar-refractivity contribution in [3.8, 4) is 16.9 Å². The lowest BCUT2D eigenvalue weighted by atomic mass is 9.99. The van der Waals surface area contributed by atoms with E-state index in [0.717, 1.165) is 28.2 Å². The van der Waals surface area contributed by atoms with Crippen molar-refractivity contribution in [2.24, 2.45) is 0 Å². The Morgan fingerprint density at radius 2 is 1.62 bits per heavy atom. The van der Waals surface area contributed by atoms with Gasteiger partial charge in [0.25, 0.3) is 21.6 Å². The number of ether oxygens (including phenoxy) is 2. The van der Waals surface area contributed by atoms with Crippen LogP contribution in [0.4, 0.5) is 11.4 Å². The second-order valence-electron chi connectivity index (χ2n) is 12.7. The number of aryl methyl sites for hydroxylation is 1. The maximum absolute atomic E-state index is 13.3. The summed E-state index contributed by atoms with van der Waals surface area (Å²) >= 11 is 1.47. The molecule has 0 radical (unpaired) electrons. The zero-order chi connectivity index (χ0) is 40.1. The second kappa shape index (κ2) is 19.8. The van der Waals surface area contributed by atoms with Gasteiger partial charge in [0, 0.05) is 81.5 Å². The van der Waals surface area contributed by atoms with Crippen LogP contribution in [-0.4, -0.2) is 101 Å². The van der Waals surface area contributed by atoms with Gasteiger partial charge in [0.05, 0.1) is 23.5 Å². The van der Waals surface area contributed by atoms with Crippen LogP contribution in [0.1, 0.15) is 28.8 Å². The number of nitrogens with zero attached hydrogens (tertiary/aromatic N) is 3. The molecule has 0 bridgehead atoms. The molecular formula is C39H45N5O9S2. The van der Waals surface area contributed by atoms with Crippen molar-refractivity contribution in [1.29, 1.82) is 0 Å². The van der Waals surface area contributed by atoms with E-state index in [-0.39, 0.29) is 29.5 Å². The maximum Gasteiger partial charge on any atom is 0.293 e. The molecule has 2 N–H and O–H groups in total. The molecule has 0 saturated carbocycles. The van der Waals surface area contributed by atoms with Crippen LogP contribution in [0.3, 0.4) is 0 Å². The lowest BCUT2D eigenvalue weighted by molar-refractivity contribution is -0.384. The quantitative estimate of drug-likeness (QED) is 0.0699. The van der Waals surface area contributed by atoms with E-state index in [9.17, 15) is 32.9 Å². The number of anilines is 1. The molecule has 0 fully saturated rings.